The van der Waals surface area contributed by atoms with E-state index in [0.717, 1.165) is 0 Å². The van der Waals surface area contributed by atoms with E-state index in [9.17, 15) is 0 Å². The van der Waals surface area contributed by atoms with Crippen LogP contribution in [0.2, 0.25) is 0 Å². The molecule has 0 fully saturated rings. The molecule has 0 aromatic heterocycles. The van der Waals surface area contributed by atoms with Crippen molar-refractivity contribution in [1.29, 1.82) is 0 Å². The summed E-state index contributed by atoms with van der Waals surface area (Å²) in [6, 6.07) is 0. The molecule has 0 unspecified atom stereocenters. The van der Waals surface area contributed by atoms with E-state index in [-0.39, 0.29) is 22.0 Å². The molecule has 0 amide bonds. The van der Waals surface area contributed by atoms with Gasteiger partial charge < -0.3 is 14.6 Å². The molecule has 0 spiro atoms. The summed E-state index contributed by atoms with van der Waals surface area (Å²) in [4.78, 5) is 0. The van der Waals surface area contributed by atoms with Crippen LogP contribution < -0.4 is 10.3 Å². The molecular weight excluding hydrogens is 263 g/mol. The zero-order valence-corrected chi connectivity index (χ0v) is 7.86. The van der Waals surface area contributed by atoms with Gasteiger partial charge >= 0.3 is 16.5 Å². The fraction of sp³-hybridized carbons (Fsp3) is 0. The molecule has 12 heavy (non-hydrogen) atoms. The minimum atomic E-state index is -4.42. The van der Waals surface area contributed by atoms with Crippen molar-refractivity contribution < 1.29 is 47.9 Å². The van der Waals surface area contributed by atoms with Crippen LogP contribution in [-0.4, -0.2) is 31.4 Å². The van der Waals surface area contributed by atoms with Crippen molar-refractivity contribution in [3.63, 3.8) is 0 Å². The Hall–Kier alpha value is 0.194. The Labute approximate surface area is 79.1 Å². The van der Waals surface area contributed by atoms with Crippen molar-refractivity contribution in [1.82, 2.24) is 0 Å². The second kappa shape index (κ2) is 7.82. The summed E-state index contributed by atoms with van der Waals surface area (Å²) in [5.74, 6) is 0. The largest absolute Gasteiger partial charge is 2.00 e. The first-order chi connectivity index (χ1) is 4.00. The average molecular weight is 269 g/mol. The molecule has 0 aliphatic carbocycles. The van der Waals surface area contributed by atoms with Crippen molar-refractivity contribution in [3.05, 3.63) is 0 Å². The Bertz CT molecular complexity index is 216. The van der Waals surface area contributed by atoms with Gasteiger partial charge in [-0.2, -0.15) is 0 Å². The maximum atomic E-state index is 8.85. The van der Waals surface area contributed by atoms with Crippen molar-refractivity contribution in [2.75, 3.05) is 0 Å². The summed E-state index contributed by atoms with van der Waals surface area (Å²) in [6.45, 7) is 0. The van der Waals surface area contributed by atoms with Crippen LogP contribution in [-0.2, 0) is 37.1 Å². The van der Waals surface area contributed by atoms with E-state index >= 15 is 0 Å². The molecule has 12 heteroatoms. The molecular formula is H6N2NiO7S2. The fourth-order valence-electron chi connectivity index (χ4n) is 0. The molecule has 0 saturated heterocycles. The second-order valence-corrected chi connectivity index (χ2v) is 2.96. The quantitative estimate of drug-likeness (QED) is 0.331. The summed E-state index contributed by atoms with van der Waals surface area (Å²) in [5.41, 5.74) is 0. The van der Waals surface area contributed by atoms with Crippen molar-refractivity contribution >= 4 is 20.6 Å². The van der Waals surface area contributed by atoms with Crippen molar-refractivity contribution in [3.8, 4) is 0 Å². The molecule has 0 rings (SSSR count). The van der Waals surface area contributed by atoms with Gasteiger partial charge in [0.1, 0.15) is 0 Å². The monoisotopic (exact) mass is 268 g/mol. The molecule has 0 aliphatic rings. The van der Waals surface area contributed by atoms with E-state index in [1.54, 1.807) is 0 Å². The maximum Gasteiger partial charge on any atom is 2.00 e. The van der Waals surface area contributed by atoms with Crippen LogP contribution in [0.4, 0.5) is 0 Å². The third kappa shape index (κ3) is 23000. The number of hydrogen-bond donors (Lipinski definition) is 2. The van der Waals surface area contributed by atoms with Gasteiger partial charge in [-0.3, -0.25) is 0 Å². The number of hydrogen-bond acceptors (Lipinski definition) is 6. The van der Waals surface area contributed by atoms with Crippen LogP contribution in [0.15, 0.2) is 0 Å². The van der Waals surface area contributed by atoms with Gasteiger partial charge in [0.25, 0.3) is 0 Å². The Kier molecular flexibility index (Phi) is 14.8. The summed E-state index contributed by atoms with van der Waals surface area (Å²) in [6.07, 6.45) is 0. The van der Waals surface area contributed by atoms with Gasteiger partial charge in [-0.1, -0.05) is 0 Å². The van der Waals surface area contributed by atoms with Crippen LogP contribution in [0.5, 0.6) is 0 Å². The standard InChI is InChI=1S/2H3NO3S.Ni.H2O/c2*1-5(2,3)4;;/h2*(H3,1,2,3,4);;1H2/q;;+2;/p-2. The molecule has 0 radical (unpaired) electrons. The zero-order valence-electron chi connectivity index (χ0n) is 5.24. The summed E-state index contributed by atoms with van der Waals surface area (Å²) >= 11 is 0. The zero-order chi connectivity index (χ0) is 9.00. The molecule has 6 N–H and O–H groups in total. The van der Waals surface area contributed by atoms with Gasteiger partial charge in [0.15, 0.2) is 20.6 Å². The maximum absolute atomic E-state index is 8.85. The minimum Gasteiger partial charge on any atom is -0.736 e. The Balaban J connectivity index is -0.0000000457. The van der Waals surface area contributed by atoms with Crippen molar-refractivity contribution in [2.45, 2.75) is 0 Å². The first-order valence-electron chi connectivity index (χ1n) is 1.47. The van der Waals surface area contributed by atoms with Gasteiger partial charge in [0.2, 0.25) is 0 Å². The summed E-state index contributed by atoms with van der Waals surface area (Å²) in [7, 11) is -8.83. The third-order valence-electron chi connectivity index (χ3n) is 0. The predicted molar refractivity (Wildman–Crippen MR) is 31.4 cm³/mol. The Morgan fingerprint density at radius 2 is 0.833 bits per heavy atom. The van der Waals surface area contributed by atoms with E-state index in [1.165, 1.54) is 0 Å². The number of nitrogens with two attached hydrogens (primary N) is 2. The van der Waals surface area contributed by atoms with Crippen LogP contribution in [0.25, 0.3) is 0 Å². The molecule has 0 atom stereocenters. The molecule has 0 bridgehead atoms. The van der Waals surface area contributed by atoms with Crippen LogP contribution >= 0.6 is 0 Å². The Morgan fingerprint density at radius 3 is 0.833 bits per heavy atom. The average Bonchev–Trinajstić information content (AvgIpc) is 1.12. The molecule has 0 saturated carbocycles. The smallest absolute Gasteiger partial charge is 0.736 e. The van der Waals surface area contributed by atoms with E-state index in [0.29, 0.717) is 0 Å². The Morgan fingerprint density at radius 1 is 0.833 bits per heavy atom. The third-order valence-corrected chi connectivity index (χ3v) is 0. The van der Waals surface area contributed by atoms with Gasteiger partial charge in [-0.05, 0) is 0 Å². The normalized spacial score (nSPS) is 9.67. The molecule has 9 nitrogen and oxygen atoms in total. The van der Waals surface area contributed by atoms with Crippen LogP contribution in [0.1, 0.15) is 0 Å². The van der Waals surface area contributed by atoms with E-state index in [4.69, 9.17) is 25.9 Å². The minimum absolute atomic E-state index is 0. The molecule has 80 valence electrons. The molecule has 0 aromatic carbocycles. The number of rotatable bonds is 0. The van der Waals surface area contributed by atoms with Crippen molar-refractivity contribution in [2.24, 2.45) is 10.3 Å². The SMILES string of the molecule is NS(=O)(=O)[O-].NS(=O)(=O)[O-].O.[Ni+2]. The van der Waals surface area contributed by atoms with E-state index < -0.39 is 20.6 Å². The first-order valence-corrected chi connectivity index (χ1v) is 4.41. The summed E-state index contributed by atoms with van der Waals surface area (Å²) < 4.78 is 53.1. The fourth-order valence-corrected chi connectivity index (χ4v) is 0. The molecule has 0 aromatic rings. The van der Waals surface area contributed by atoms with E-state index in [1.807, 2.05) is 0 Å². The summed E-state index contributed by atoms with van der Waals surface area (Å²) in [5, 5.41) is 7.54. The predicted octanol–water partition coefficient (Wildman–Crippen LogP) is -4.02. The van der Waals surface area contributed by atoms with Gasteiger partial charge in [-0.15, -0.1) is 0 Å². The first kappa shape index (κ1) is 22.8. The van der Waals surface area contributed by atoms with Crippen LogP contribution in [0, 0.1) is 0 Å². The van der Waals surface area contributed by atoms with Gasteiger partial charge in [0.05, 0.1) is 0 Å². The van der Waals surface area contributed by atoms with Gasteiger partial charge in [0, 0.05) is 0 Å². The topological polar surface area (TPSA) is 198 Å². The molecule has 0 aliphatic heterocycles. The van der Waals surface area contributed by atoms with E-state index in [2.05, 4.69) is 10.3 Å². The van der Waals surface area contributed by atoms with Crippen LogP contribution in [0.3, 0.4) is 0 Å². The van der Waals surface area contributed by atoms with Gasteiger partial charge in [-0.25, -0.2) is 27.1 Å². The second-order valence-electron chi connectivity index (χ2n) is 0.986. The molecule has 0 heterocycles.